The Bertz CT molecular complexity index is 1610. The summed E-state index contributed by atoms with van der Waals surface area (Å²) in [7, 11) is 3.61. The van der Waals surface area contributed by atoms with Gasteiger partial charge in [-0.25, -0.2) is 15.0 Å². The molecule has 1 atom stereocenters. The van der Waals surface area contributed by atoms with Crippen LogP contribution in [0.1, 0.15) is 24.1 Å². The normalized spacial score (nSPS) is 16.4. The number of aryl methyl sites for hydroxylation is 1. The van der Waals surface area contributed by atoms with Crippen molar-refractivity contribution in [2.75, 3.05) is 25.5 Å². The summed E-state index contributed by atoms with van der Waals surface area (Å²) >= 11 is 12.8. The molecule has 1 aliphatic rings. The number of likely N-dealkylation sites (tertiary alicyclic amines) is 1. The molecule has 1 aliphatic heterocycles. The molecule has 216 valence electrons. The Labute approximate surface area is 242 Å². The van der Waals surface area contributed by atoms with Gasteiger partial charge in [-0.1, -0.05) is 23.2 Å². The second kappa shape index (κ2) is 11.6. The second-order valence-electron chi connectivity index (χ2n) is 9.39. The van der Waals surface area contributed by atoms with Gasteiger partial charge in [-0.05, 0) is 38.6 Å². The van der Waals surface area contributed by atoms with Crippen LogP contribution in [-0.4, -0.2) is 55.6 Å². The summed E-state index contributed by atoms with van der Waals surface area (Å²) < 4.78 is 54.4. The number of anilines is 2. The van der Waals surface area contributed by atoms with E-state index >= 15 is 0 Å². The molecule has 15 heteroatoms. The average molecular weight is 609 g/mol. The topological polar surface area (TPSA) is 116 Å². The van der Waals surface area contributed by atoms with Crippen LogP contribution in [0.15, 0.2) is 43.0 Å². The molecule has 0 radical (unpaired) electrons. The van der Waals surface area contributed by atoms with E-state index in [9.17, 15) is 13.2 Å². The monoisotopic (exact) mass is 608 g/mol. The molecule has 0 bridgehead atoms. The first kappa shape index (κ1) is 28.7. The quantitative estimate of drug-likeness (QED) is 0.245. The number of benzene rings is 1. The van der Waals surface area contributed by atoms with Crippen molar-refractivity contribution in [1.82, 2.24) is 29.4 Å². The zero-order valence-corrected chi connectivity index (χ0v) is 23.4. The summed E-state index contributed by atoms with van der Waals surface area (Å²) in [5, 5.41) is 3.14. The molecule has 4 aromatic rings. The number of nitrogens with one attached hydrogen (secondary N) is 1. The number of hydrogen-bond acceptors (Lipinski definition) is 9. The molecule has 0 aliphatic carbocycles. The third kappa shape index (κ3) is 6.11. The second-order valence-corrected chi connectivity index (χ2v) is 10.1. The summed E-state index contributed by atoms with van der Waals surface area (Å²) in [6, 6.07) is 3.62. The van der Waals surface area contributed by atoms with Crippen LogP contribution >= 0.6 is 23.2 Å². The summed E-state index contributed by atoms with van der Waals surface area (Å²) in [5.74, 6) is 0.502. The lowest BCUT2D eigenvalue weighted by Crippen LogP contribution is -2.30. The summed E-state index contributed by atoms with van der Waals surface area (Å²) in [4.78, 5) is 18.9. The van der Waals surface area contributed by atoms with Gasteiger partial charge in [0.1, 0.15) is 28.6 Å². The van der Waals surface area contributed by atoms with E-state index < -0.39 is 11.7 Å². The van der Waals surface area contributed by atoms with Gasteiger partial charge in [0.15, 0.2) is 22.3 Å². The van der Waals surface area contributed by atoms with Gasteiger partial charge in [0, 0.05) is 43.4 Å². The maximum Gasteiger partial charge on any atom is 0.416 e. The highest BCUT2D eigenvalue weighted by Crippen LogP contribution is 2.38. The predicted molar refractivity (Wildman–Crippen MR) is 149 cm³/mol. The van der Waals surface area contributed by atoms with Crippen molar-refractivity contribution < 1.29 is 22.6 Å². The van der Waals surface area contributed by atoms with E-state index in [0.717, 1.165) is 37.7 Å². The fraction of sp³-hybridized carbons (Fsp3) is 0.308. The van der Waals surface area contributed by atoms with Gasteiger partial charge >= 0.3 is 6.18 Å². The van der Waals surface area contributed by atoms with Gasteiger partial charge in [-0.15, -0.1) is 0 Å². The molecule has 1 saturated heterocycles. The number of aromatic nitrogens is 5. The van der Waals surface area contributed by atoms with Crippen molar-refractivity contribution in [3.8, 4) is 11.5 Å². The number of alkyl halides is 3. The lowest BCUT2D eigenvalue weighted by Gasteiger charge is -2.20. The van der Waals surface area contributed by atoms with E-state index in [1.54, 1.807) is 11.6 Å². The highest BCUT2D eigenvalue weighted by atomic mass is 35.5. The van der Waals surface area contributed by atoms with Crippen molar-refractivity contribution in [2.24, 2.45) is 12.8 Å². The molecule has 3 aromatic heterocycles. The number of fused-ring (bicyclic) bond motifs is 1. The minimum Gasteiger partial charge on any atom is -0.492 e. The molecule has 10 nitrogen and oxygen atoms in total. The van der Waals surface area contributed by atoms with E-state index in [-0.39, 0.29) is 63.1 Å². The standard InChI is InChI=1S/C26H25Cl2F3N8O2/c1-38-7-3-4-16(38)13-40-17-9-14(26(29,30)31)8-15(10-17)36-25-37-24-22(39(25)2)20(27)19(12-35-24)41-18(11-32)21-23(28)34-6-5-33-21/h5-6,8-12,16H,3-4,7,13,32H2,1-2H3,(H,35,36,37)/t16-/m0/s1. The average Bonchev–Trinajstić information content (AvgIpc) is 3.49. The number of imidazole rings is 1. The SMILES string of the molecule is CN1CCC[C@H]1COc1cc(Nc2nc3ncc(OC(=CN)c4nccnc4Cl)c(Cl)c3n2C)cc(C(F)(F)F)c1. The maximum atomic E-state index is 13.7. The lowest BCUT2D eigenvalue weighted by atomic mass is 10.1. The first-order valence-electron chi connectivity index (χ1n) is 12.4. The number of ether oxygens (including phenoxy) is 2. The molecule has 3 N–H and O–H groups in total. The Morgan fingerprint density at radius 1 is 1.17 bits per heavy atom. The molecule has 0 amide bonds. The number of rotatable bonds is 8. The molecule has 0 saturated carbocycles. The van der Waals surface area contributed by atoms with Crippen molar-refractivity contribution in [1.29, 1.82) is 0 Å². The zero-order valence-electron chi connectivity index (χ0n) is 21.9. The van der Waals surface area contributed by atoms with Crippen LogP contribution in [-0.2, 0) is 13.2 Å². The Kier molecular flexibility index (Phi) is 8.11. The van der Waals surface area contributed by atoms with Crippen molar-refractivity contribution in [2.45, 2.75) is 25.1 Å². The minimum absolute atomic E-state index is 0.0704. The first-order valence-corrected chi connectivity index (χ1v) is 13.2. The molecule has 4 heterocycles. The number of hydrogen-bond donors (Lipinski definition) is 2. The van der Waals surface area contributed by atoms with E-state index in [2.05, 4.69) is 30.2 Å². The van der Waals surface area contributed by atoms with E-state index in [1.807, 2.05) is 7.05 Å². The van der Waals surface area contributed by atoms with Crippen LogP contribution in [0, 0.1) is 0 Å². The fourth-order valence-corrected chi connectivity index (χ4v) is 4.99. The van der Waals surface area contributed by atoms with E-state index in [0.29, 0.717) is 5.52 Å². The Hall–Kier alpha value is -3.81. The van der Waals surface area contributed by atoms with Crippen LogP contribution < -0.4 is 20.5 Å². The van der Waals surface area contributed by atoms with Gasteiger partial charge in [-0.2, -0.15) is 18.2 Å². The first-order chi connectivity index (χ1) is 19.5. The molecule has 0 unspecified atom stereocenters. The van der Waals surface area contributed by atoms with Gasteiger partial charge in [-0.3, -0.25) is 0 Å². The third-order valence-electron chi connectivity index (χ3n) is 6.67. The Morgan fingerprint density at radius 2 is 1.95 bits per heavy atom. The van der Waals surface area contributed by atoms with Gasteiger partial charge in [0.25, 0.3) is 0 Å². The fourth-order valence-electron chi connectivity index (χ4n) is 4.49. The molecular formula is C26H25Cl2F3N8O2. The van der Waals surface area contributed by atoms with Crippen LogP contribution in [0.2, 0.25) is 10.2 Å². The largest absolute Gasteiger partial charge is 0.492 e. The maximum absolute atomic E-state index is 13.7. The van der Waals surface area contributed by atoms with Gasteiger partial charge < -0.3 is 30.0 Å². The highest BCUT2D eigenvalue weighted by molar-refractivity contribution is 6.36. The third-order valence-corrected chi connectivity index (χ3v) is 7.31. The number of halogens is 5. The van der Waals surface area contributed by atoms with Crippen molar-refractivity contribution in [3.05, 3.63) is 64.4 Å². The summed E-state index contributed by atoms with van der Waals surface area (Å²) in [6.45, 7) is 1.21. The summed E-state index contributed by atoms with van der Waals surface area (Å²) in [6.07, 6.45) is 2.70. The minimum atomic E-state index is -4.58. The Morgan fingerprint density at radius 3 is 2.63 bits per heavy atom. The van der Waals surface area contributed by atoms with Gasteiger partial charge in [0.05, 0.1) is 11.8 Å². The predicted octanol–water partition coefficient (Wildman–Crippen LogP) is 5.64. The number of nitrogens with two attached hydrogens (primary N) is 1. The molecule has 1 aromatic carbocycles. The zero-order chi connectivity index (χ0) is 29.3. The van der Waals surface area contributed by atoms with Crippen molar-refractivity contribution in [3.63, 3.8) is 0 Å². The molecule has 5 rings (SSSR count). The number of nitrogens with zero attached hydrogens (tertiary/aromatic N) is 6. The number of pyridine rings is 1. The van der Waals surface area contributed by atoms with Crippen molar-refractivity contribution >= 4 is 51.8 Å². The van der Waals surface area contributed by atoms with Gasteiger partial charge in [0.2, 0.25) is 5.95 Å². The van der Waals surface area contributed by atoms with Crippen LogP contribution in [0.3, 0.4) is 0 Å². The summed E-state index contributed by atoms with van der Waals surface area (Å²) in [5.41, 5.74) is 5.79. The molecule has 1 fully saturated rings. The lowest BCUT2D eigenvalue weighted by molar-refractivity contribution is -0.137. The number of likely N-dealkylation sites (N-methyl/N-ethyl adjacent to an activating group) is 1. The van der Waals surface area contributed by atoms with E-state index in [4.69, 9.17) is 38.4 Å². The van der Waals surface area contributed by atoms with E-state index in [1.165, 1.54) is 24.7 Å². The van der Waals surface area contributed by atoms with Crippen LogP contribution in [0.4, 0.5) is 24.8 Å². The van der Waals surface area contributed by atoms with Crippen LogP contribution in [0.25, 0.3) is 16.9 Å². The Balaban J connectivity index is 1.44. The van der Waals surface area contributed by atoms with Crippen LogP contribution in [0.5, 0.6) is 11.5 Å². The smallest absolute Gasteiger partial charge is 0.416 e. The molecular weight excluding hydrogens is 584 g/mol. The highest BCUT2D eigenvalue weighted by Gasteiger charge is 2.32. The molecule has 0 spiro atoms. The molecule has 41 heavy (non-hydrogen) atoms.